The van der Waals surface area contributed by atoms with Crippen LogP contribution in [0, 0.1) is 5.82 Å². The van der Waals surface area contributed by atoms with E-state index in [0.717, 1.165) is 31.5 Å². The van der Waals surface area contributed by atoms with Crippen molar-refractivity contribution in [1.82, 2.24) is 0 Å². The Bertz CT molecular complexity index is 307. The molecule has 0 spiro atoms. The van der Waals surface area contributed by atoms with E-state index in [-0.39, 0.29) is 5.82 Å². The number of nitrogens with two attached hydrogens (primary N) is 1. The van der Waals surface area contributed by atoms with Crippen LogP contribution >= 0.6 is 0 Å². The third-order valence-corrected chi connectivity index (χ3v) is 3.14. The van der Waals surface area contributed by atoms with Crippen molar-refractivity contribution >= 4 is 5.69 Å². The summed E-state index contributed by atoms with van der Waals surface area (Å²) >= 11 is 0. The second-order valence-corrected chi connectivity index (χ2v) is 4.28. The molecule has 0 aliphatic carbocycles. The molecule has 0 aliphatic heterocycles. The van der Waals surface area contributed by atoms with Crippen molar-refractivity contribution in [2.75, 3.05) is 18.0 Å². The minimum absolute atomic E-state index is 0.183. The van der Waals surface area contributed by atoms with Crippen LogP contribution in [0.4, 0.5) is 10.1 Å². The summed E-state index contributed by atoms with van der Waals surface area (Å²) in [6.07, 6.45) is 3.16. The highest BCUT2D eigenvalue weighted by Gasteiger charge is 2.14. The van der Waals surface area contributed by atoms with E-state index in [2.05, 4.69) is 18.7 Å². The number of rotatable bonds is 7. The summed E-state index contributed by atoms with van der Waals surface area (Å²) in [7, 11) is 0. The molecule has 17 heavy (non-hydrogen) atoms. The van der Waals surface area contributed by atoms with E-state index in [0.29, 0.717) is 12.6 Å². The van der Waals surface area contributed by atoms with Crippen molar-refractivity contribution in [2.45, 2.75) is 39.2 Å². The summed E-state index contributed by atoms with van der Waals surface area (Å²) in [6.45, 7) is 6.01. The summed E-state index contributed by atoms with van der Waals surface area (Å²) in [5, 5.41) is 0. The smallest absolute Gasteiger partial charge is 0.123 e. The van der Waals surface area contributed by atoms with Crippen LogP contribution in [-0.4, -0.2) is 19.1 Å². The first kappa shape index (κ1) is 14.0. The van der Waals surface area contributed by atoms with Crippen molar-refractivity contribution in [3.05, 3.63) is 30.1 Å². The number of benzene rings is 1. The van der Waals surface area contributed by atoms with Crippen LogP contribution in [0.15, 0.2) is 24.3 Å². The number of anilines is 1. The molecule has 1 rings (SSSR count). The van der Waals surface area contributed by atoms with Gasteiger partial charge in [-0.05, 0) is 50.1 Å². The molecule has 2 N–H and O–H groups in total. The molecule has 0 aromatic heterocycles. The largest absolute Gasteiger partial charge is 0.369 e. The van der Waals surface area contributed by atoms with Gasteiger partial charge in [-0.25, -0.2) is 4.39 Å². The molecule has 0 heterocycles. The van der Waals surface area contributed by atoms with Gasteiger partial charge in [-0.1, -0.05) is 13.8 Å². The molecule has 0 radical (unpaired) electrons. The number of hydrogen-bond acceptors (Lipinski definition) is 2. The molecule has 0 unspecified atom stereocenters. The molecule has 1 aromatic rings. The fourth-order valence-electron chi connectivity index (χ4n) is 2.15. The zero-order valence-corrected chi connectivity index (χ0v) is 10.8. The maximum atomic E-state index is 12.9. The van der Waals surface area contributed by atoms with Gasteiger partial charge in [0.15, 0.2) is 0 Å². The molecule has 0 saturated carbocycles. The lowest BCUT2D eigenvalue weighted by molar-refractivity contribution is 0.548. The maximum Gasteiger partial charge on any atom is 0.123 e. The Kier molecular flexibility index (Phi) is 5.98. The van der Waals surface area contributed by atoms with Gasteiger partial charge in [-0.3, -0.25) is 0 Å². The predicted octanol–water partition coefficient (Wildman–Crippen LogP) is 3.17. The van der Waals surface area contributed by atoms with Gasteiger partial charge < -0.3 is 10.6 Å². The van der Waals surface area contributed by atoms with E-state index in [9.17, 15) is 4.39 Å². The zero-order chi connectivity index (χ0) is 12.7. The number of hydrogen-bond donors (Lipinski definition) is 1. The first-order chi connectivity index (χ1) is 8.22. The highest BCUT2D eigenvalue weighted by Crippen LogP contribution is 2.21. The van der Waals surface area contributed by atoms with E-state index in [4.69, 9.17) is 5.73 Å². The van der Waals surface area contributed by atoms with Crippen molar-refractivity contribution in [3.8, 4) is 0 Å². The minimum Gasteiger partial charge on any atom is -0.369 e. The minimum atomic E-state index is -0.183. The second-order valence-electron chi connectivity index (χ2n) is 4.28. The molecular formula is C14H23FN2. The fourth-order valence-corrected chi connectivity index (χ4v) is 2.15. The number of nitrogens with zero attached hydrogens (tertiary/aromatic N) is 1. The van der Waals surface area contributed by atoms with E-state index in [1.807, 2.05) is 12.1 Å². The lowest BCUT2D eigenvalue weighted by atomic mass is 10.1. The maximum absolute atomic E-state index is 12.9. The second kappa shape index (κ2) is 7.28. The van der Waals surface area contributed by atoms with Gasteiger partial charge in [0.25, 0.3) is 0 Å². The van der Waals surface area contributed by atoms with Gasteiger partial charge in [0.05, 0.1) is 0 Å². The van der Waals surface area contributed by atoms with Gasteiger partial charge in [0.1, 0.15) is 5.82 Å². The molecule has 0 bridgehead atoms. The van der Waals surface area contributed by atoms with Crippen LogP contribution in [0.1, 0.15) is 33.1 Å². The molecular weight excluding hydrogens is 215 g/mol. The van der Waals surface area contributed by atoms with Crippen LogP contribution in [0.5, 0.6) is 0 Å². The van der Waals surface area contributed by atoms with Crippen molar-refractivity contribution in [3.63, 3.8) is 0 Å². The van der Waals surface area contributed by atoms with Crippen molar-refractivity contribution < 1.29 is 4.39 Å². The van der Waals surface area contributed by atoms with Crippen molar-refractivity contribution in [2.24, 2.45) is 5.73 Å². The molecule has 0 amide bonds. The molecule has 0 saturated heterocycles. The Labute approximate surface area is 104 Å². The van der Waals surface area contributed by atoms with E-state index in [1.54, 1.807) is 0 Å². The van der Waals surface area contributed by atoms with Crippen LogP contribution < -0.4 is 10.6 Å². The predicted molar refractivity (Wildman–Crippen MR) is 71.8 cm³/mol. The highest BCUT2D eigenvalue weighted by molar-refractivity contribution is 5.47. The lowest BCUT2D eigenvalue weighted by Gasteiger charge is -2.32. The number of halogens is 1. The highest BCUT2D eigenvalue weighted by atomic mass is 19.1. The Morgan fingerprint density at radius 3 is 2.24 bits per heavy atom. The molecule has 0 aliphatic rings. The standard InChI is InChI=1S/C14H23FN2/c1-3-13(4-2)17(11-5-10-16)14-8-6-12(15)7-9-14/h6-9,13H,3-5,10-11,16H2,1-2H3. The average Bonchev–Trinajstić information content (AvgIpc) is 2.36. The first-order valence-corrected chi connectivity index (χ1v) is 6.45. The van der Waals surface area contributed by atoms with E-state index < -0.39 is 0 Å². The summed E-state index contributed by atoms with van der Waals surface area (Å²) in [4.78, 5) is 2.34. The quantitative estimate of drug-likeness (QED) is 0.790. The van der Waals surface area contributed by atoms with E-state index in [1.165, 1.54) is 12.1 Å². The molecule has 0 fully saturated rings. The molecule has 0 atom stereocenters. The summed E-state index contributed by atoms with van der Waals surface area (Å²) in [5.41, 5.74) is 6.67. The molecule has 96 valence electrons. The van der Waals surface area contributed by atoms with E-state index >= 15 is 0 Å². The monoisotopic (exact) mass is 238 g/mol. The average molecular weight is 238 g/mol. The van der Waals surface area contributed by atoms with Crippen LogP contribution in [-0.2, 0) is 0 Å². The molecule has 1 aromatic carbocycles. The first-order valence-electron chi connectivity index (χ1n) is 6.45. The molecule has 3 heteroatoms. The summed E-state index contributed by atoms with van der Waals surface area (Å²) in [6, 6.07) is 7.25. The Morgan fingerprint density at radius 2 is 1.76 bits per heavy atom. The summed E-state index contributed by atoms with van der Waals surface area (Å²) in [5.74, 6) is -0.183. The van der Waals surface area contributed by atoms with Gasteiger partial charge >= 0.3 is 0 Å². The molecule has 2 nitrogen and oxygen atoms in total. The SMILES string of the molecule is CCC(CC)N(CCCN)c1ccc(F)cc1. The van der Waals surface area contributed by atoms with Gasteiger partial charge in [0.2, 0.25) is 0 Å². The van der Waals surface area contributed by atoms with Crippen LogP contribution in [0.3, 0.4) is 0 Å². The topological polar surface area (TPSA) is 29.3 Å². The van der Waals surface area contributed by atoms with Gasteiger partial charge in [-0.15, -0.1) is 0 Å². The third kappa shape index (κ3) is 4.00. The van der Waals surface area contributed by atoms with Gasteiger partial charge in [0, 0.05) is 18.3 Å². The van der Waals surface area contributed by atoms with Crippen molar-refractivity contribution in [1.29, 1.82) is 0 Å². The van der Waals surface area contributed by atoms with Crippen LogP contribution in [0.2, 0.25) is 0 Å². The lowest BCUT2D eigenvalue weighted by Crippen LogP contribution is -2.36. The summed E-state index contributed by atoms with van der Waals surface area (Å²) < 4.78 is 12.9. The van der Waals surface area contributed by atoms with Crippen LogP contribution in [0.25, 0.3) is 0 Å². The zero-order valence-electron chi connectivity index (χ0n) is 10.8. The fraction of sp³-hybridized carbons (Fsp3) is 0.571. The Balaban J connectivity index is 2.84. The third-order valence-electron chi connectivity index (χ3n) is 3.14. The Morgan fingerprint density at radius 1 is 1.18 bits per heavy atom. The van der Waals surface area contributed by atoms with Gasteiger partial charge in [-0.2, -0.15) is 0 Å². The Hall–Kier alpha value is -1.09. The normalized spacial score (nSPS) is 10.9.